The van der Waals surface area contributed by atoms with Crippen molar-refractivity contribution in [3.05, 3.63) is 11.6 Å². The molecular weight excluding hydrogens is 1050 g/mol. The number of carbonyl (C=O) groups is 3. The second-order valence-electron chi connectivity index (χ2n) is 26.1. The number of hydrogen-bond acceptors (Lipinski definition) is 24. The Morgan fingerprint density at radius 2 is 1.37 bits per heavy atom. The summed E-state index contributed by atoms with van der Waals surface area (Å²) in [5, 5.41) is 144. The average molecular weight is 1130 g/mol. The summed E-state index contributed by atoms with van der Waals surface area (Å²) in [6, 6.07) is 0. The lowest BCUT2D eigenvalue weighted by molar-refractivity contribution is -0.362. The van der Waals surface area contributed by atoms with Crippen LogP contribution in [0.2, 0.25) is 0 Å². The third kappa shape index (κ3) is 9.63. The molecule has 0 radical (unpaired) electrons. The van der Waals surface area contributed by atoms with Crippen LogP contribution in [-0.2, 0) is 57.0 Å². The molecular formula is C54H84O25. The van der Waals surface area contributed by atoms with E-state index in [0.29, 0.717) is 32.1 Å². The second kappa shape index (κ2) is 21.5. The summed E-state index contributed by atoms with van der Waals surface area (Å²) in [5.41, 5.74) is -7.33. The molecule has 0 amide bonds. The van der Waals surface area contributed by atoms with Gasteiger partial charge >= 0.3 is 17.9 Å². The molecule has 25 nitrogen and oxygen atoms in total. The number of aliphatic carboxylic acids is 1. The van der Waals surface area contributed by atoms with E-state index in [-0.39, 0.29) is 30.6 Å². The van der Waals surface area contributed by atoms with Gasteiger partial charge in [-0.1, -0.05) is 46.3 Å². The third-order valence-corrected chi connectivity index (χ3v) is 21.1. The van der Waals surface area contributed by atoms with Gasteiger partial charge in [-0.05, 0) is 105 Å². The highest BCUT2D eigenvalue weighted by molar-refractivity contribution is 5.80. The first-order chi connectivity index (χ1) is 36.8. The van der Waals surface area contributed by atoms with E-state index >= 15 is 4.79 Å². The van der Waals surface area contributed by atoms with Crippen LogP contribution >= 0.6 is 0 Å². The summed E-state index contributed by atoms with van der Waals surface area (Å²) < 4.78 is 52.9. The van der Waals surface area contributed by atoms with Crippen molar-refractivity contribution >= 4 is 17.9 Å². The van der Waals surface area contributed by atoms with Crippen molar-refractivity contribution in [2.75, 3.05) is 26.4 Å². The lowest BCUT2D eigenvalue weighted by Gasteiger charge is -2.71. The van der Waals surface area contributed by atoms with Gasteiger partial charge in [0.05, 0.1) is 50.2 Å². The fraction of sp³-hybridized carbons (Fsp3) is 0.907. The monoisotopic (exact) mass is 1130 g/mol. The molecule has 9 aliphatic rings. The van der Waals surface area contributed by atoms with E-state index < -0.39 is 206 Å². The molecule has 4 saturated heterocycles. The normalized spacial score (nSPS) is 53.3. The summed E-state index contributed by atoms with van der Waals surface area (Å²) >= 11 is 0. The fourth-order valence-corrected chi connectivity index (χ4v) is 16.4. The Hall–Kier alpha value is -2.61. The first-order valence-electron chi connectivity index (χ1n) is 27.7. The SMILES string of the molecule is CC(=O)O[C@@H]1[C@H](O[C@@H]2OC[C@](O)(CO)[C@H]2O)[C@@H](O)[C@H](O[C@@H]2[C@@H](OC(=O)[C@]34CCC(C)(C)C[C@H]3C3=CC[C@@H]5[C@@]6(C)C[C@H](O)[C@H](O[C@@H]7O[C@H](CO)[C@@H](O)[C@H](O)[C@H]7O)[C@@](C)(C(=O)O)[C@@H]6CC[C@@]5(C)[C@]3(C)C[C@H]4O)OC[C@H](O)[C@@H]2O)O[C@H]1C. The topological polar surface area (TPSA) is 397 Å². The summed E-state index contributed by atoms with van der Waals surface area (Å²) in [7, 11) is 0. The van der Waals surface area contributed by atoms with Gasteiger partial charge in [-0.3, -0.25) is 14.4 Å². The van der Waals surface area contributed by atoms with Gasteiger partial charge in [0, 0.05) is 6.92 Å². The number of rotatable bonds is 12. The van der Waals surface area contributed by atoms with Crippen LogP contribution in [0.1, 0.15) is 107 Å². The van der Waals surface area contributed by atoms with E-state index in [9.17, 15) is 76.0 Å². The zero-order valence-corrected chi connectivity index (χ0v) is 46.0. The molecule has 0 aromatic heterocycles. The van der Waals surface area contributed by atoms with Crippen LogP contribution in [0, 0.1) is 50.2 Å². The fourth-order valence-electron chi connectivity index (χ4n) is 16.4. The molecule has 79 heavy (non-hydrogen) atoms. The molecule has 8 fully saturated rings. The zero-order chi connectivity index (χ0) is 58.1. The van der Waals surface area contributed by atoms with Crippen molar-refractivity contribution in [1.29, 1.82) is 0 Å². The van der Waals surface area contributed by atoms with E-state index in [4.69, 9.17) is 42.6 Å². The van der Waals surface area contributed by atoms with Crippen molar-refractivity contribution < 1.29 is 123 Å². The van der Waals surface area contributed by atoms with Crippen molar-refractivity contribution in [3.63, 3.8) is 0 Å². The minimum atomic E-state index is -2.13. The molecule has 0 spiro atoms. The van der Waals surface area contributed by atoms with Crippen molar-refractivity contribution in [2.24, 2.45) is 50.2 Å². The van der Waals surface area contributed by atoms with Crippen LogP contribution in [0.5, 0.6) is 0 Å². The quantitative estimate of drug-likeness (QED) is 0.0563. The molecule has 5 aliphatic carbocycles. The molecule has 25 heteroatoms. The zero-order valence-electron chi connectivity index (χ0n) is 46.0. The minimum absolute atomic E-state index is 0.0535. The Morgan fingerprint density at radius 3 is 2.00 bits per heavy atom. The lowest BCUT2D eigenvalue weighted by atomic mass is 9.33. The molecule has 4 heterocycles. The number of carbonyl (C=O) groups excluding carboxylic acids is 2. The van der Waals surface area contributed by atoms with Gasteiger partial charge in [-0.2, -0.15) is 0 Å². The van der Waals surface area contributed by atoms with E-state index in [1.807, 2.05) is 6.92 Å². The Kier molecular flexibility index (Phi) is 16.6. The van der Waals surface area contributed by atoms with E-state index in [0.717, 1.165) is 12.5 Å². The molecule has 0 unspecified atom stereocenters. The number of fused-ring (bicyclic) bond motifs is 7. The lowest BCUT2D eigenvalue weighted by Crippen LogP contribution is -2.71. The predicted octanol–water partition coefficient (Wildman–Crippen LogP) is -2.15. The van der Waals surface area contributed by atoms with E-state index in [2.05, 4.69) is 33.8 Å². The first kappa shape index (κ1) is 61.0. The minimum Gasteiger partial charge on any atom is -0.481 e. The van der Waals surface area contributed by atoms with Crippen LogP contribution in [0.3, 0.4) is 0 Å². The molecule has 0 aromatic carbocycles. The highest BCUT2D eigenvalue weighted by Crippen LogP contribution is 2.76. The molecule has 9 rings (SSSR count). The molecule has 0 aromatic rings. The number of carboxylic acids is 1. The second-order valence-corrected chi connectivity index (χ2v) is 26.1. The molecule has 0 bridgehead atoms. The number of esters is 2. The largest absolute Gasteiger partial charge is 0.481 e. The summed E-state index contributed by atoms with van der Waals surface area (Å²) in [6.07, 6.45) is -26.4. The first-order valence-corrected chi connectivity index (χ1v) is 27.7. The summed E-state index contributed by atoms with van der Waals surface area (Å²) in [4.78, 5) is 41.4. The maximum atomic E-state index is 15.4. The highest BCUT2D eigenvalue weighted by atomic mass is 16.8. The Morgan fingerprint density at radius 1 is 0.696 bits per heavy atom. The van der Waals surface area contributed by atoms with Crippen LogP contribution in [-0.4, -0.2) is 233 Å². The number of ether oxygens (including phenoxy) is 9. The maximum Gasteiger partial charge on any atom is 0.317 e. The van der Waals surface area contributed by atoms with Gasteiger partial charge in [-0.25, -0.2) is 0 Å². The van der Waals surface area contributed by atoms with Gasteiger partial charge in [0.15, 0.2) is 31.1 Å². The molecule has 4 saturated carbocycles. The molecule has 28 atom stereocenters. The van der Waals surface area contributed by atoms with E-state index in [1.165, 1.54) is 13.8 Å². The molecule has 4 aliphatic heterocycles. The van der Waals surface area contributed by atoms with Gasteiger partial charge in [0.1, 0.15) is 72.1 Å². The number of allylic oxidation sites excluding steroid dienone is 2. The van der Waals surface area contributed by atoms with Crippen LogP contribution in [0.25, 0.3) is 0 Å². The van der Waals surface area contributed by atoms with Crippen molar-refractivity contribution in [2.45, 2.75) is 229 Å². The number of aliphatic hydroxyl groups is 12. The van der Waals surface area contributed by atoms with Gasteiger partial charge < -0.3 is 109 Å². The Labute approximate surface area is 457 Å². The van der Waals surface area contributed by atoms with Crippen LogP contribution in [0.15, 0.2) is 11.6 Å². The Bertz CT molecular complexity index is 2300. The number of aliphatic hydroxyl groups excluding tert-OH is 11. The smallest absolute Gasteiger partial charge is 0.317 e. The standard InChI is InChI=1S/C54H84O25/c1-22-37(74-23(2)57)38(76-45-40(66)53(70,20-56)21-72-45)36(65)43(73-22)77-39-32(61)27(59)19-71-44(39)79-47(69)54-14-13-48(3,4)15-25(54)24-9-10-29-49(5)16-26(58)41(78-42-35(64)34(63)33(62)28(18-55)75-42)52(8,46(67)68)30(49)11-12-50(29,6)51(24,7)17-31(54)60/h9,22,25-45,55-56,58-66,70H,10-21H2,1-8H3,(H,67,68)/t22-,25-,26-,27-,28+,29+,30+,31+,32-,33+,34-,35+,36+,37-,38+,39-,40-,41-,42-,43-,44+,45-,49+,50+,51+,52-,53+,54+/m0/s1. The predicted molar refractivity (Wildman–Crippen MR) is 264 cm³/mol. The third-order valence-electron chi connectivity index (χ3n) is 21.1. The van der Waals surface area contributed by atoms with Crippen molar-refractivity contribution in [3.8, 4) is 0 Å². The maximum absolute atomic E-state index is 15.4. The average Bonchev–Trinajstić information content (AvgIpc) is 3.67. The van der Waals surface area contributed by atoms with Gasteiger partial charge in [0.25, 0.3) is 0 Å². The summed E-state index contributed by atoms with van der Waals surface area (Å²) in [5.74, 6) is -4.51. The van der Waals surface area contributed by atoms with Crippen LogP contribution in [0.4, 0.5) is 0 Å². The molecule has 450 valence electrons. The van der Waals surface area contributed by atoms with Crippen LogP contribution < -0.4 is 0 Å². The highest BCUT2D eigenvalue weighted by Gasteiger charge is 2.74. The van der Waals surface area contributed by atoms with E-state index in [1.54, 1.807) is 0 Å². The van der Waals surface area contributed by atoms with Crippen molar-refractivity contribution in [1.82, 2.24) is 0 Å². The Balaban J connectivity index is 0.993. The number of hydrogen-bond donors (Lipinski definition) is 13. The summed E-state index contributed by atoms with van der Waals surface area (Å²) in [6.45, 7) is 11.7. The number of carboxylic acid groups (broad SMARTS) is 1. The molecule has 13 N–H and O–H groups in total. The van der Waals surface area contributed by atoms with Gasteiger partial charge in [-0.15, -0.1) is 0 Å². The van der Waals surface area contributed by atoms with Gasteiger partial charge in [0.2, 0.25) is 6.29 Å².